The van der Waals surface area contributed by atoms with Crippen LogP contribution in [0.2, 0.25) is 0 Å². The number of hydrogen-bond acceptors (Lipinski definition) is 5. The highest BCUT2D eigenvalue weighted by molar-refractivity contribution is 5.69. The van der Waals surface area contributed by atoms with Crippen LogP contribution < -0.4 is 5.32 Å². The zero-order valence-electron chi connectivity index (χ0n) is 13.0. The van der Waals surface area contributed by atoms with Gasteiger partial charge < -0.3 is 15.0 Å². The molecular weight excluding hydrogens is 268 g/mol. The van der Waals surface area contributed by atoms with E-state index in [4.69, 9.17) is 4.74 Å². The molecule has 0 bridgehead atoms. The van der Waals surface area contributed by atoms with Gasteiger partial charge in [-0.3, -0.25) is 0 Å². The van der Waals surface area contributed by atoms with Gasteiger partial charge in [-0.1, -0.05) is 0 Å². The summed E-state index contributed by atoms with van der Waals surface area (Å²) in [5, 5.41) is 3.29. The monoisotopic (exact) mass is 292 g/mol. The molecule has 1 aliphatic rings. The summed E-state index contributed by atoms with van der Waals surface area (Å²) in [6.45, 7) is 7.73. The number of ether oxygens (including phenoxy) is 1. The van der Waals surface area contributed by atoms with Gasteiger partial charge in [0.15, 0.2) is 0 Å². The van der Waals surface area contributed by atoms with Gasteiger partial charge in [-0.05, 0) is 39.7 Å². The lowest BCUT2D eigenvalue weighted by Crippen LogP contribution is -2.41. The molecule has 1 aromatic heterocycles. The largest absolute Gasteiger partial charge is 0.444 e. The number of nitrogens with zero attached hydrogens (tertiary/aromatic N) is 3. The van der Waals surface area contributed by atoms with Crippen LogP contribution in [-0.4, -0.2) is 45.7 Å². The summed E-state index contributed by atoms with van der Waals surface area (Å²) in [7, 11) is 0. The van der Waals surface area contributed by atoms with Gasteiger partial charge in [-0.2, -0.15) is 0 Å². The van der Waals surface area contributed by atoms with Crippen molar-refractivity contribution >= 4 is 6.09 Å². The number of hydrogen-bond donors (Lipinski definition) is 1. The lowest BCUT2D eigenvalue weighted by atomic mass is 10.2. The molecule has 6 heteroatoms. The summed E-state index contributed by atoms with van der Waals surface area (Å²) in [6.07, 6.45) is 5.19. The molecule has 1 saturated carbocycles. The van der Waals surface area contributed by atoms with E-state index in [1.54, 1.807) is 6.20 Å². The predicted octanol–water partition coefficient (Wildman–Crippen LogP) is 1.97. The molecular formula is C15H24N4O2. The SMILES string of the molecule is CC(C)(C)OC(=O)N(CCNCc1ccncn1)C1CC1. The first-order chi connectivity index (χ1) is 9.96. The molecule has 1 fully saturated rings. The molecule has 1 heterocycles. The highest BCUT2D eigenvalue weighted by Crippen LogP contribution is 2.27. The highest BCUT2D eigenvalue weighted by atomic mass is 16.6. The van der Waals surface area contributed by atoms with Crippen molar-refractivity contribution in [2.45, 2.75) is 51.8 Å². The Kier molecular flexibility index (Phi) is 5.12. The third-order valence-corrected chi connectivity index (χ3v) is 3.09. The molecule has 1 amide bonds. The minimum absolute atomic E-state index is 0.214. The Labute approximate surface area is 125 Å². The number of rotatable bonds is 6. The lowest BCUT2D eigenvalue weighted by molar-refractivity contribution is 0.0236. The maximum Gasteiger partial charge on any atom is 0.410 e. The molecule has 21 heavy (non-hydrogen) atoms. The third-order valence-electron chi connectivity index (χ3n) is 3.09. The summed E-state index contributed by atoms with van der Waals surface area (Å²) in [6, 6.07) is 2.22. The van der Waals surface area contributed by atoms with Crippen LogP contribution in [0.3, 0.4) is 0 Å². The lowest BCUT2D eigenvalue weighted by Gasteiger charge is -2.27. The van der Waals surface area contributed by atoms with Crippen LogP contribution in [0.25, 0.3) is 0 Å². The topological polar surface area (TPSA) is 67.3 Å². The van der Waals surface area contributed by atoms with Crippen LogP contribution in [-0.2, 0) is 11.3 Å². The molecule has 1 aliphatic carbocycles. The fourth-order valence-electron chi connectivity index (χ4n) is 1.97. The van der Waals surface area contributed by atoms with E-state index in [-0.39, 0.29) is 6.09 Å². The zero-order chi connectivity index (χ0) is 15.3. The van der Waals surface area contributed by atoms with Crippen molar-refractivity contribution in [1.82, 2.24) is 20.2 Å². The van der Waals surface area contributed by atoms with Gasteiger partial charge in [0, 0.05) is 31.9 Å². The first-order valence-corrected chi connectivity index (χ1v) is 7.41. The molecule has 0 aliphatic heterocycles. The van der Waals surface area contributed by atoms with E-state index in [0.717, 1.165) is 25.1 Å². The van der Waals surface area contributed by atoms with Crippen LogP contribution in [0.15, 0.2) is 18.6 Å². The van der Waals surface area contributed by atoms with Crippen LogP contribution in [0.4, 0.5) is 4.79 Å². The van der Waals surface area contributed by atoms with Crippen molar-refractivity contribution in [3.63, 3.8) is 0 Å². The van der Waals surface area contributed by atoms with E-state index in [9.17, 15) is 4.79 Å². The summed E-state index contributed by atoms with van der Waals surface area (Å²) in [4.78, 5) is 22.0. The number of carbonyl (C=O) groups excluding carboxylic acids is 1. The Hall–Kier alpha value is -1.69. The van der Waals surface area contributed by atoms with Crippen LogP contribution in [0.1, 0.15) is 39.3 Å². The first kappa shape index (κ1) is 15.7. The maximum atomic E-state index is 12.2. The second kappa shape index (κ2) is 6.85. The molecule has 2 rings (SSSR count). The zero-order valence-corrected chi connectivity index (χ0v) is 13.0. The Balaban J connectivity index is 1.74. The van der Waals surface area contributed by atoms with Crippen LogP contribution in [0, 0.1) is 0 Å². The Morgan fingerprint density at radius 2 is 2.24 bits per heavy atom. The molecule has 0 spiro atoms. The van der Waals surface area contributed by atoms with E-state index in [1.807, 2.05) is 31.7 Å². The molecule has 1 aromatic rings. The minimum Gasteiger partial charge on any atom is -0.444 e. The van der Waals surface area contributed by atoms with E-state index >= 15 is 0 Å². The molecule has 0 saturated heterocycles. The van der Waals surface area contributed by atoms with Crippen molar-refractivity contribution in [3.05, 3.63) is 24.3 Å². The summed E-state index contributed by atoms with van der Waals surface area (Å²) in [5.74, 6) is 0. The predicted molar refractivity (Wildman–Crippen MR) is 79.7 cm³/mol. The second-order valence-electron chi connectivity index (χ2n) is 6.28. The van der Waals surface area contributed by atoms with Crippen LogP contribution >= 0.6 is 0 Å². The van der Waals surface area contributed by atoms with Crippen molar-refractivity contribution in [2.75, 3.05) is 13.1 Å². The Bertz CT molecular complexity index is 454. The standard InChI is InChI=1S/C15H24N4O2/c1-15(2,3)21-14(20)19(13-4-5-13)9-8-16-10-12-6-7-17-11-18-12/h6-7,11,13,16H,4-5,8-10H2,1-3H3. The first-order valence-electron chi connectivity index (χ1n) is 7.41. The van der Waals surface area contributed by atoms with Crippen LogP contribution in [0.5, 0.6) is 0 Å². The van der Waals surface area contributed by atoms with Crippen molar-refractivity contribution in [3.8, 4) is 0 Å². The second-order valence-corrected chi connectivity index (χ2v) is 6.28. The van der Waals surface area contributed by atoms with Crippen molar-refractivity contribution < 1.29 is 9.53 Å². The summed E-state index contributed by atoms with van der Waals surface area (Å²) in [5.41, 5.74) is 0.499. The fourth-order valence-corrected chi connectivity index (χ4v) is 1.97. The molecule has 116 valence electrons. The quantitative estimate of drug-likeness (QED) is 0.812. The van der Waals surface area contributed by atoms with E-state index in [2.05, 4.69) is 15.3 Å². The van der Waals surface area contributed by atoms with E-state index in [0.29, 0.717) is 19.1 Å². The average Bonchev–Trinajstić information content (AvgIpc) is 3.22. The summed E-state index contributed by atoms with van der Waals surface area (Å²) < 4.78 is 5.46. The van der Waals surface area contributed by atoms with E-state index in [1.165, 1.54) is 6.33 Å². The molecule has 0 aromatic carbocycles. The van der Waals surface area contributed by atoms with Gasteiger partial charge >= 0.3 is 6.09 Å². The number of aromatic nitrogens is 2. The van der Waals surface area contributed by atoms with Gasteiger partial charge in [0.05, 0.1) is 5.69 Å². The normalized spacial score (nSPS) is 14.8. The van der Waals surface area contributed by atoms with Gasteiger partial charge in [0.25, 0.3) is 0 Å². The average molecular weight is 292 g/mol. The fraction of sp³-hybridized carbons (Fsp3) is 0.667. The van der Waals surface area contributed by atoms with Crippen molar-refractivity contribution in [2.24, 2.45) is 0 Å². The molecule has 0 radical (unpaired) electrons. The van der Waals surface area contributed by atoms with Crippen molar-refractivity contribution in [1.29, 1.82) is 0 Å². The number of amides is 1. The maximum absolute atomic E-state index is 12.2. The smallest absolute Gasteiger partial charge is 0.410 e. The van der Waals surface area contributed by atoms with Gasteiger partial charge in [0.2, 0.25) is 0 Å². The highest BCUT2D eigenvalue weighted by Gasteiger charge is 2.34. The van der Waals surface area contributed by atoms with Gasteiger partial charge in [-0.15, -0.1) is 0 Å². The molecule has 0 atom stereocenters. The molecule has 1 N–H and O–H groups in total. The number of carbonyl (C=O) groups is 1. The Morgan fingerprint density at radius 3 is 2.81 bits per heavy atom. The third kappa shape index (κ3) is 5.67. The molecule has 6 nitrogen and oxygen atoms in total. The summed E-state index contributed by atoms with van der Waals surface area (Å²) >= 11 is 0. The van der Waals surface area contributed by atoms with Gasteiger partial charge in [0.1, 0.15) is 11.9 Å². The van der Waals surface area contributed by atoms with Gasteiger partial charge in [-0.25, -0.2) is 14.8 Å². The van der Waals surface area contributed by atoms with E-state index < -0.39 is 5.60 Å². The number of nitrogens with one attached hydrogen (secondary N) is 1. The Morgan fingerprint density at radius 1 is 1.48 bits per heavy atom. The minimum atomic E-state index is -0.446. The molecule has 0 unspecified atom stereocenters.